The van der Waals surface area contributed by atoms with E-state index in [2.05, 4.69) is 29.5 Å². The number of nitrogens with zero attached hydrogens (tertiary/aromatic N) is 3. The van der Waals surface area contributed by atoms with Crippen molar-refractivity contribution >= 4 is 17.0 Å². The summed E-state index contributed by atoms with van der Waals surface area (Å²) < 4.78 is 2.06. The van der Waals surface area contributed by atoms with Crippen LogP contribution in [0, 0.1) is 11.3 Å². The van der Waals surface area contributed by atoms with Gasteiger partial charge in [0.15, 0.2) is 0 Å². The number of hydrogen-bond donors (Lipinski definition) is 1. The van der Waals surface area contributed by atoms with Crippen LogP contribution in [0.3, 0.4) is 0 Å². The van der Waals surface area contributed by atoms with Gasteiger partial charge in [0.2, 0.25) is 5.95 Å². The fourth-order valence-corrected chi connectivity index (χ4v) is 2.68. The molecule has 0 aliphatic carbocycles. The number of imidazole rings is 1. The van der Waals surface area contributed by atoms with Gasteiger partial charge in [-0.3, -0.25) is 0 Å². The quantitative estimate of drug-likeness (QED) is 0.806. The minimum atomic E-state index is 0.311. The highest BCUT2D eigenvalue weighted by molar-refractivity contribution is 5.84. The zero-order valence-corrected chi connectivity index (χ0v) is 12.3. The van der Waals surface area contributed by atoms with Crippen molar-refractivity contribution in [2.75, 3.05) is 5.73 Å². The lowest BCUT2D eigenvalue weighted by Crippen LogP contribution is -2.08. The maximum atomic E-state index is 9.13. The molecule has 1 heterocycles. The molecule has 0 fully saturated rings. The predicted octanol–water partition coefficient (Wildman–Crippen LogP) is 4.02. The molecule has 0 spiro atoms. The number of nitriles is 1. The zero-order valence-electron chi connectivity index (χ0n) is 12.3. The maximum Gasteiger partial charge on any atom is 0.201 e. The highest BCUT2D eigenvalue weighted by Crippen LogP contribution is 2.27. The third-order valence-electron chi connectivity index (χ3n) is 3.78. The molecular weight excluding hydrogens is 248 g/mol. The van der Waals surface area contributed by atoms with E-state index >= 15 is 0 Å². The molecule has 0 saturated heterocycles. The Morgan fingerprint density at radius 3 is 2.85 bits per heavy atom. The van der Waals surface area contributed by atoms with Crippen LogP contribution in [0.1, 0.15) is 57.6 Å². The Bertz CT molecular complexity index is 621. The van der Waals surface area contributed by atoms with Gasteiger partial charge in [0, 0.05) is 6.04 Å². The van der Waals surface area contributed by atoms with Gasteiger partial charge in [-0.15, -0.1) is 0 Å². The molecule has 1 atom stereocenters. The molecule has 0 saturated carbocycles. The Hall–Kier alpha value is -2.02. The summed E-state index contributed by atoms with van der Waals surface area (Å²) in [7, 11) is 0. The van der Waals surface area contributed by atoms with E-state index < -0.39 is 0 Å². The smallest absolute Gasteiger partial charge is 0.201 e. The van der Waals surface area contributed by atoms with Gasteiger partial charge in [-0.25, -0.2) is 4.98 Å². The first-order valence-corrected chi connectivity index (χ1v) is 7.35. The average Bonchev–Trinajstić information content (AvgIpc) is 2.79. The largest absolute Gasteiger partial charge is 0.369 e. The Balaban J connectivity index is 2.25. The topological polar surface area (TPSA) is 67.6 Å². The zero-order chi connectivity index (χ0) is 14.5. The van der Waals surface area contributed by atoms with Crippen molar-refractivity contribution < 1.29 is 0 Å². The van der Waals surface area contributed by atoms with Crippen molar-refractivity contribution in [2.24, 2.45) is 0 Å². The molecule has 0 radical (unpaired) electrons. The van der Waals surface area contributed by atoms with Crippen molar-refractivity contribution in [3.8, 4) is 6.07 Å². The minimum absolute atomic E-state index is 0.311. The van der Waals surface area contributed by atoms with Crippen LogP contribution in [0.15, 0.2) is 18.2 Å². The van der Waals surface area contributed by atoms with E-state index in [1.54, 1.807) is 6.07 Å². The van der Waals surface area contributed by atoms with Gasteiger partial charge < -0.3 is 10.3 Å². The fourth-order valence-electron chi connectivity index (χ4n) is 2.68. The first-order valence-electron chi connectivity index (χ1n) is 7.35. The second-order valence-electron chi connectivity index (χ2n) is 5.32. The third kappa shape index (κ3) is 2.77. The molecule has 2 aromatic rings. The van der Waals surface area contributed by atoms with E-state index in [9.17, 15) is 0 Å². The first kappa shape index (κ1) is 14.4. The number of para-hydroxylation sites is 1. The fraction of sp³-hybridized carbons (Fsp3) is 0.500. The van der Waals surface area contributed by atoms with Gasteiger partial charge in [-0.05, 0) is 25.5 Å². The molecule has 1 aromatic heterocycles. The molecular formula is C16H22N4. The van der Waals surface area contributed by atoms with E-state index in [0.29, 0.717) is 23.1 Å². The summed E-state index contributed by atoms with van der Waals surface area (Å²) in [4.78, 5) is 4.37. The van der Waals surface area contributed by atoms with Gasteiger partial charge in [0.1, 0.15) is 11.6 Å². The lowest BCUT2D eigenvalue weighted by atomic mass is 10.1. The molecule has 0 aliphatic heterocycles. The number of aromatic nitrogens is 2. The van der Waals surface area contributed by atoms with Gasteiger partial charge in [0.05, 0.1) is 11.1 Å². The molecule has 0 amide bonds. The molecule has 2 N–H and O–H groups in total. The summed E-state index contributed by atoms with van der Waals surface area (Å²) >= 11 is 0. The van der Waals surface area contributed by atoms with Crippen LogP contribution in [-0.4, -0.2) is 9.55 Å². The maximum absolute atomic E-state index is 9.13. The van der Waals surface area contributed by atoms with Crippen LogP contribution in [0.4, 0.5) is 5.95 Å². The van der Waals surface area contributed by atoms with Crippen LogP contribution in [0.5, 0.6) is 0 Å². The highest BCUT2D eigenvalue weighted by Gasteiger charge is 2.15. The molecule has 2 rings (SSSR count). The van der Waals surface area contributed by atoms with E-state index in [-0.39, 0.29) is 0 Å². The van der Waals surface area contributed by atoms with Crippen molar-refractivity contribution in [1.29, 1.82) is 5.26 Å². The average molecular weight is 270 g/mol. The van der Waals surface area contributed by atoms with Gasteiger partial charge in [0.25, 0.3) is 0 Å². The molecule has 20 heavy (non-hydrogen) atoms. The number of hydrogen-bond acceptors (Lipinski definition) is 3. The summed E-state index contributed by atoms with van der Waals surface area (Å²) in [5, 5.41) is 9.13. The second-order valence-corrected chi connectivity index (χ2v) is 5.32. The Labute approximate surface area is 120 Å². The summed E-state index contributed by atoms with van der Waals surface area (Å²) in [6.07, 6.45) is 6.08. The normalized spacial score (nSPS) is 12.4. The van der Waals surface area contributed by atoms with Crippen LogP contribution in [0.25, 0.3) is 11.0 Å². The Morgan fingerprint density at radius 2 is 2.15 bits per heavy atom. The molecule has 106 valence electrons. The van der Waals surface area contributed by atoms with Gasteiger partial charge >= 0.3 is 0 Å². The van der Waals surface area contributed by atoms with Crippen molar-refractivity contribution in [1.82, 2.24) is 9.55 Å². The van der Waals surface area contributed by atoms with Gasteiger partial charge in [-0.1, -0.05) is 38.7 Å². The number of anilines is 1. The SMILES string of the molecule is CCCCCCC(C)n1c(N)nc2c(C#N)cccc21. The predicted molar refractivity (Wildman–Crippen MR) is 82.3 cm³/mol. The van der Waals surface area contributed by atoms with E-state index in [1.807, 2.05) is 12.1 Å². The Kier molecular flexibility index (Phi) is 4.62. The number of nitrogen functional groups attached to an aromatic ring is 1. The second kappa shape index (κ2) is 6.42. The summed E-state index contributed by atoms with van der Waals surface area (Å²) in [5.74, 6) is 0.505. The van der Waals surface area contributed by atoms with Crippen molar-refractivity contribution in [3.63, 3.8) is 0 Å². The van der Waals surface area contributed by atoms with Gasteiger partial charge in [-0.2, -0.15) is 5.26 Å². The molecule has 0 aliphatic rings. The lowest BCUT2D eigenvalue weighted by molar-refractivity contribution is 0.486. The number of fused-ring (bicyclic) bond motifs is 1. The number of unbranched alkanes of at least 4 members (excludes halogenated alkanes) is 3. The van der Waals surface area contributed by atoms with E-state index in [0.717, 1.165) is 11.9 Å². The standard InChI is InChI=1S/C16H22N4/c1-3-4-5-6-8-12(2)20-14-10-7-9-13(11-17)15(14)19-16(20)18/h7,9-10,12H,3-6,8H2,1-2H3,(H2,18,19). The molecule has 4 nitrogen and oxygen atoms in total. The first-order chi connectivity index (χ1) is 9.69. The Morgan fingerprint density at radius 1 is 1.35 bits per heavy atom. The highest BCUT2D eigenvalue weighted by atomic mass is 15.2. The third-order valence-corrected chi connectivity index (χ3v) is 3.78. The number of rotatable bonds is 6. The molecule has 0 bridgehead atoms. The van der Waals surface area contributed by atoms with Crippen LogP contribution in [-0.2, 0) is 0 Å². The molecule has 4 heteroatoms. The van der Waals surface area contributed by atoms with Crippen LogP contribution < -0.4 is 5.73 Å². The number of nitrogens with two attached hydrogens (primary N) is 1. The summed E-state index contributed by atoms with van der Waals surface area (Å²) in [6, 6.07) is 8.15. The molecule has 1 aromatic carbocycles. The summed E-state index contributed by atoms with van der Waals surface area (Å²) in [6.45, 7) is 4.39. The molecule has 1 unspecified atom stereocenters. The minimum Gasteiger partial charge on any atom is -0.369 e. The van der Waals surface area contributed by atoms with Crippen LogP contribution >= 0.6 is 0 Å². The van der Waals surface area contributed by atoms with Crippen molar-refractivity contribution in [2.45, 2.75) is 52.0 Å². The lowest BCUT2D eigenvalue weighted by Gasteiger charge is -2.15. The van der Waals surface area contributed by atoms with Crippen molar-refractivity contribution in [3.05, 3.63) is 23.8 Å². The van der Waals surface area contributed by atoms with E-state index in [1.165, 1.54) is 25.7 Å². The number of benzene rings is 1. The summed E-state index contributed by atoms with van der Waals surface area (Å²) in [5.41, 5.74) is 8.32. The van der Waals surface area contributed by atoms with E-state index in [4.69, 9.17) is 11.0 Å². The van der Waals surface area contributed by atoms with Crippen LogP contribution in [0.2, 0.25) is 0 Å². The monoisotopic (exact) mass is 270 g/mol.